The van der Waals surface area contributed by atoms with Gasteiger partial charge in [-0.25, -0.2) is 0 Å². The van der Waals surface area contributed by atoms with E-state index in [4.69, 9.17) is 4.52 Å². The number of nitrogens with zero attached hydrogens (tertiary/aromatic N) is 3. The lowest BCUT2D eigenvalue weighted by Gasteiger charge is -2.35. The number of fused-ring (bicyclic) bond motifs is 1. The number of benzene rings is 1. The molecule has 1 aromatic carbocycles. The highest BCUT2D eigenvalue weighted by atomic mass is 16.5. The number of hydrogen-bond donors (Lipinski definition) is 0. The zero-order valence-corrected chi connectivity index (χ0v) is 23.8. The van der Waals surface area contributed by atoms with Gasteiger partial charge in [0.05, 0.1) is 17.3 Å². The van der Waals surface area contributed by atoms with Crippen molar-refractivity contribution in [2.24, 2.45) is 11.8 Å². The van der Waals surface area contributed by atoms with Crippen molar-refractivity contribution in [3.05, 3.63) is 94.3 Å². The van der Waals surface area contributed by atoms with Gasteiger partial charge in [-0.1, -0.05) is 73.8 Å². The van der Waals surface area contributed by atoms with E-state index < -0.39 is 0 Å². The van der Waals surface area contributed by atoms with E-state index in [-0.39, 0.29) is 6.04 Å². The topological polar surface area (TPSA) is 43.9 Å². The molecule has 4 heteroatoms. The van der Waals surface area contributed by atoms with Crippen LogP contribution in [0.5, 0.6) is 0 Å². The SMILES string of the molecule is CC/C(C)=C\C(=C/c1c(C)c2cnccc2n1C(c1ccccc1)C1CCC(C)CC1)c1c(C)noc1C. The maximum absolute atomic E-state index is 5.63. The number of aromatic nitrogens is 3. The molecule has 3 aromatic heterocycles. The number of aryl methyl sites for hydroxylation is 3. The van der Waals surface area contributed by atoms with E-state index >= 15 is 0 Å². The molecule has 0 amide bonds. The van der Waals surface area contributed by atoms with Gasteiger partial charge in [0, 0.05) is 29.0 Å². The zero-order chi connectivity index (χ0) is 26.8. The standard InChI is InChI=1S/C34H41N3O/c1-7-22(2)19-29(33-25(5)36-38-26(33)6)20-32-24(4)30-21-35-18-17-31(30)37(32)34(27-11-9-8-10-12-27)28-15-13-23(3)14-16-28/h8-12,17-21,23,28,34H,7,13-16H2,1-6H3/b22-19-,29-20+. The fourth-order valence-corrected chi connectivity index (χ4v) is 6.29. The van der Waals surface area contributed by atoms with Gasteiger partial charge in [0.1, 0.15) is 5.76 Å². The summed E-state index contributed by atoms with van der Waals surface area (Å²) >= 11 is 0. The van der Waals surface area contributed by atoms with Crippen molar-refractivity contribution in [2.45, 2.75) is 79.7 Å². The largest absolute Gasteiger partial charge is 0.361 e. The van der Waals surface area contributed by atoms with Gasteiger partial charge in [0.2, 0.25) is 0 Å². The summed E-state index contributed by atoms with van der Waals surface area (Å²) in [5.41, 5.74) is 9.66. The molecule has 1 saturated carbocycles. The van der Waals surface area contributed by atoms with Crippen LogP contribution in [0.1, 0.15) is 92.8 Å². The molecular formula is C34H41N3O. The van der Waals surface area contributed by atoms with Crippen molar-refractivity contribution < 1.29 is 4.52 Å². The summed E-state index contributed by atoms with van der Waals surface area (Å²) in [6.45, 7) is 13.1. The average molecular weight is 508 g/mol. The highest BCUT2D eigenvalue weighted by molar-refractivity contribution is 5.94. The first-order valence-corrected chi connectivity index (χ1v) is 14.2. The van der Waals surface area contributed by atoms with E-state index in [1.165, 1.54) is 59.0 Å². The van der Waals surface area contributed by atoms with Crippen LogP contribution >= 0.6 is 0 Å². The van der Waals surface area contributed by atoms with Crippen molar-refractivity contribution in [1.29, 1.82) is 0 Å². The van der Waals surface area contributed by atoms with E-state index in [2.05, 4.69) is 91.0 Å². The average Bonchev–Trinajstić information content (AvgIpc) is 3.41. The maximum atomic E-state index is 5.63. The van der Waals surface area contributed by atoms with Crippen LogP contribution in [0.15, 0.2) is 65.0 Å². The highest BCUT2D eigenvalue weighted by Gasteiger charge is 2.31. The molecule has 5 rings (SSSR count). The normalized spacial score (nSPS) is 19.7. The molecule has 0 N–H and O–H groups in total. The summed E-state index contributed by atoms with van der Waals surface area (Å²) in [5, 5.41) is 5.52. The molecule has 0 bridgehead atoms. The van der Waals surface area contributed by atoms with Crippen molar-refractivity contribution in [3.8, 4) is 0 Å². The van der Waals surface area contributed by atoms with Gasteiger partial charge in [0.15, 0.2) is 0 Å². The third kappa shape index (κ3) is 5.01. The monoisotopic (exact) mass is 507 g/mol. The number of pyridine rings is 1. The van der Waals surface area contributed by atoms with Crippen LogP contribution in [0, 0.1) is 32.6 Å². The molecule has 1 atom stereocenters. The minimum absolute atomic E-state index is 0.260. The van der Waals surface area contributed by atoms with Crippen LogP contribution in [0.2, 0.25) is 0 Å². The second kappa shape index (κ2) is 11.1. The van der Waals surface area contributed by atoms with E-state index in [1.807, 2.05) is 26.2 Å². The molecule has 4 aromatic rings. The van der Waals surface area contributed by atoms with E-state index in [0.717, 1.165) is 34.9 Å². The lowest BCUT2D eigenvalue weighted by atomic mass is 9.77. The fourth-order valence-electron chi connectivity index (χ4n) is 6.29. The lowest BCUT2D eigenvalue weighted by molar-refractivity contribution is 0.238. The van der Waals surface area contributed by atoms with Crippen molar-refractivity contribution >= 4 is 22.6 Å². The van der Waals surface area contributed by atoms with Crippen molar-refractivity contribution in [3.63, 3.8) is 0 Å². The molecule has 38 heavy (non-hydrogen) atoms. The Balaban J connectivity index is 1.80. The molecule has 1 fully saturated rings. The smallest absolute Gasteiger partial charge is 0.141 e. The second-order valence-electron chi connectivity index (χ2n) is 11.3. The first-order valence-electron chi connectivity index (χ1n) is 14.2. The predicted octanol–water partition coefficient (Wildman–Crippen LogP) is 9.26. The van der Waals surface area contributed by atoms with Crippen LogP contribution in [-0.2, 0) is 0 Å². The highest BCUT2D eigenvalue weighted by Crippen LogP contribution is 2.43. The Kier molecular flexibility index (Phi) is 7.69. The Bertz CT molecular complexity index is 1440. The molecular weight excluding hydrogens is 466 g/mol. The third-order valence-electron chi connectivity index (χ3n) is 8.61. The van der Waals surface area contributed by atoms with Gasteiger partial charge >= 0.3 is 0 Å². The van der Waals surface area contributed by atoms with Crippen LogP contribution in [0.3, 0.4) is 0 Å². The molecule has 4 nitrogen and oxygen atoms in total. The summed E-state index contributed by atoms with van der Waals surface area (Å²) < 4.78 is 8.25. The molecule has 1 aliphatic carbocycles. The summed E-state index contributed by atoms with van der Waals surface area (Å²) in [6, 6.07) is 13.6. The van der Waals surface area contributed by atoms with Crippen LogP contribution < -0.4 is 0 Å². The first-order chi connectivity index (χ1) is 18.4. The Hall–Kier alpha value is -3.40. The van der Waals surface area contributed by atoms with E-state index in [0.29, 0.717) is 5.92 Å². The van der Waals surface area contributed by atoms with Gasteiger partial charge in [-0.05, 0) is 87.6 Å². The molecule has 3 heterocycles. The zero-order valence-electron chi connectivity index (χ0n) is 23.8. The molecule has 198 valence electrons. The van der Waals surface area contributed by atoms with Crippen LogP contribution in [0.25, 0.3) is 22.6 Å². The van der Waals surface area contributed by atoms with Gasteiger partial charge in [-0.3, -0.25) is 4.98 Å². The molecule has 1 aliphatic rings. The second-order valence-corrected chi connectivity index (χ2v) is 11.3. The molecule has 0 spiro atoms. The van der Waals surface area contributed by atoms with Gasteiger partial charge in [-0.2, -0.15) is 0 Å². The summed E-state index contributed by atoms with van der Waals surface area (Å²) in [4.78, 5) is 4.53. The number of allylic oxidation sites excluding steroid dienone is 3. The van der Waals surface area contributed by atoms with Gasteiger partial charge < -0.3 is 9.09 Å². The number of rotatable bonds is 7. The first kappa shape index (κ1) is 26.2. The Morgan fingerprint density at radius 2 is 1.82 bits per heavy atom. The Morgan fingerprint density at radius 1 is 1.08 bits per heavy atom. The third-order valence-corrected chi connectivity index (χ3v) is 8.61. The van der Waals surface area contributed by atoms with Gasteiger partial charge in [0.25, 0.3) is 0 Å². The molecule has 1 unspecified atom stereocenters. The summed E-state index contributed by atoms with van der Waals surface area (Å²) in [5.74, 6) is 2.25. The minimum Gasteiger partial charge on any atom is -0.361 e. The van der Waals surface area contributed by atoms with Crippen molar-refractivity contribution in [2.75, 3.05) is 0 Å². The van der Waals surface area contributed by atoms with Crippen LogP contribution in [-0.4, -0.2) is 14.7 Å². The fraction of sp³-hybridized carbons (Fsp3) is 0.412. The summed E-state index contributed by atoms with van der Waals surface area (Å²) in [6.07, 6.45) is 14.7. The summed E-state index contributed by atoms with van der Waals surface area (Å²) in [7, 11) is 0. The predicted molar refractivity (Wildman–Crippen MR) is 158 cm³/mol. The molecule has 0 aliphatic heterocycles. The van der Waals surface area contributed by atoms with Gasteiger partial charge in [-0.15, -0.1) is 0 Å². The Morgan fingerprint density at radius 3 is 2.47 bits per heavy atom. The molecule has 0 radical (unpaired) electrons. The van der Waals surface area contributed by atoms with E-state index in [9.17, 15) is 0 Å². The molecule has 0 saturated heterocycles. The minimum atomic E-state index is 0.260. The van der Waals surface area contributed by atoms with Crippen molar-refractivity contribution in [1.82, 2.24) is 14.7 Å². The van der Waals surface area contributed by atoms with E-state index in [1.54, 1.807) is 0 Å². The Labute approximate surface area is 227 Å². The van der Waals surface area contributed by atoms with Crippen LogP contribution in [0.4, 0.5) is 0 Å². The maximum Gasteiger partial charge on any atom is 0.141 e. The number of hydrogen-bond acceptors (Lipinski definition) is 3. The quantitative estimate of drug-likeness (QED) is 0.234. The lowest BCUT2D eigenvalue weighted by Crippen LogP contribution is -2.25.